The summed E-state index contributed by atoms with van der Waals surface area (Å²) in [5.41, 5.74) is 2.32. The molecule has 0 aliphatic carbocycles. The third kappa shape index (κ3) is 3.48. The van der Waals surface area contributed by atoms with Gasteiger partial charge in [0, 0.05) is 24.8 Å². The first-order valence-electron chi connectivity index (χ1n) is 10.5. The van der Waals surface area contributed by atoms with Crippen LogP contribution < -0.4 is 9.62 Å². The Bertz CT molecular complexity index is 839. The number of sulfonamides is 1. The number of carbonyl (C=O) groups is 1. The van der Waals surface area contributed by atoms with E-state index < -0.39 is 15.3 Å². The number of carbonyl (C=O) groups excluding carboxylic acids is 1. The molecule has 1 aromatic rings. The lowest BCUT2D eigenvalue weighted by Crippen LogP contribution is -2.61. The van der Waals surface area contributed by atoms with Crippen LogP contribution in [0.15, 0.2) is 24.3 Å². The van der Waals surface area contributed by atoms with Crippen LogP contribution in [-0.4, -0.2) is 62.6 Å². The Morgan fingerprint density at radius 1 is 1.21 bits per heavy atom. The zero-order valence-electron chi connectivity index (χ0n) is 16.8. The smallest absolute Gasteiger partial charge is 0.213 e. The van der Waals surface area contributed by atoms with Crippen molar-refractivity contribution in [3.8, 4) is 0 Å². The van der Waals surface area contributed by atoms with Gasteiger partial charge >= 0.3 is 0 Å². The van der Waals surface area contributed by atoms with Crippen molar-refractivity contribution in [2.75, 3.05) is 31.1 Å². The monoisotopic (exact) mass is 405 g/mol. The largest absolute Gasteiger partial charge is 0.366 e. The van der Waals surface area contributed by atoms with Gasteiger partial charge in [-0.15, -0.1) is 0 Å². The fourth-order valence-corrected chi connectivity index (χ4v) is 5.89. The number of hydrogen-bond acceptors (Lipinski definition) is 5. The van der Waals surface area contributed by atoms with Crippen LogP contribution in [0.25, 0.3) is 0 Å². The Kier molecular flexibility index (Phi) is 5.51. The highest BCUT2D eigenvalue weighted by Gasteiger charge is 2.51. The summed E-state index contributed by atoms with van der Waals surface area (Å²) in [7, 11) is -3.24. The standard InChI is InChI=1S/C21H31N3O3S/c1-15(2)28(26,27)22-11-7-13-24-17-9-4-3-8-16(17)20-19(25)14-23-12-6-5-10-18(23)21(20)24/h3-4,8-9,15,18,20-22H,5-7,10-14H2,1-2H3. The quantitative estimate of drug-likeness (QED) is 0.734. The van der Waals surface area contributed by atoms with Gasteiger partial charge in [0.1, 0.15) is 0 Å². The summed E-state index contributed by atoms with van der Waals surface area (Å²) in [6.07, 6.45) is 4.26. The number of piperidine rings is 2. The summed E-state index contributed by atoms with van der Waals surface area (Å²) >= 11 is 0. The number of fused-ring (bicyclic) bond motifs is 5. The zero-order valence-corrected chi connectivity index (χ0v) is 17.6. The average Bonchev–Trinajstić information content (AvgIpc) is 3.00. The minimum Gasteiger partial charge on any atom is -0.366 e. The summed E-state index contributed by atoms with van der Waals surface area (Å²) < 4.78 is 26.7. The number of anilines is 1. The topological polar surface area (TPSA) is 69.7 Å². The Balaban J connectivity index is 1.54. The highest BCUT2D eigenvalue weighted by Crippen LogP contribution is 2.47. The maximum atomic E-state index is 13.0. The lowest BCUT2D eigenvalue weighted by molar-refractivity contribution is -0.126. The molecule has 7 heteroatoms. The average molecular weight is 406 g/mol. The third-order valence-corrected chi connectivity index (χ3v) is 8.39. The molecule has 3 atom stereocenters. The van der Waals surface area contributed by atoms with Gasteiger partial charge in [0.05, 0.1) is 23.8 Å². The van der Waals surface area contributed by atoms with Crippen LogP contribution in [-0.2, 0) is 14.8 Å². The highest BCUT2D eigenvalue weighted by molar-refractivity contribution is 7.90. The van der Waals surface area contributed by atoms with Crippen molar-refractivity contribution >= 4 is 21.5 Å². The fourth-order valence-electron chi connectivity index (χ4n) is 5.13. The fraction of sp³-hybridized carbons (Fsp3) is 0.667. The first-order chi connectivity index (χ1) is 13.4. The summed E-state index contributed by atoms with van der Waals surface area (Å²) in [6.45, 7) is 6.15. The minimum atomic E-state index is -3.24. The van der Waals surface area contributed by atoms with Crippen LogP contribution in [0.2, 0.25) is 0 Å². The van der Waals surface area contributed by atoms with Gasteiger partial charge in [-0.2, -0.15) is 0 Å². The molecule has 3 heterocycles. The van der Waals surface area contributed by atoms with Crippen LogP contribution in [0.5, 0.6) is 0 Å². The van der Waals surface area contributed by atoms with Crippen LogP contribution in [0, 0.1) is 0 Å². The molecule has 2 fully saturated rings. The Labute approximate surface area is 168 Å². The maximum absolute atomic E-state index is 13.0. The lowest BCUT2D eigenvalue weighted by Gasteiger charge is -2.48. The van der Waals surface area contributed by atoms with Crippen molar-refractivity contribution < 1.29 is 13.2 Å². The van der Waals surface area contributed by atoms with Gasteiger partial charge in [0.15, 0.2) is 5.78 Å². The molecule has 2 saturated heterocycles. The predicted octanol–water partition coefficient (Wildman–Crippen LogP) is 2.11. The van der Waals surface area contributed by atoms with Gasteiger partial charge in [-0.3, -0.25) is 9.69 Å². The number of Topliss-reactive ketones (excluding diaryl/α,β-unsaturated/α-hetero) is 1. The molecule has 0 amide bonds. The Morgan fingerprint density at radius 2 is 2.00 bits per heavy atom. The van der Waals surface area contributed by atoms with Gasteiger partial charge in [-0.25, -0.2) is 13.1 Å². The van der Waals surface area contributed by atoms with Gasteiger partial charge in [0.2, 0.25) is 10.0 Å². The van der Waals surface area contributed by atoms with E-state index in [2.05, 4.69) is 26.7 Å². The van der Waals surface area contributed by atoms with Gasteiger partial charge in [-0.05, 0) is 51.3 Å². The molecule has 0 bridgehead atoms. The van der Waals surface area contributed by atoms with Gasteiger partial charge < -0.3 is 4.90 Å². The maximum Gasteiger partial charge on any atom is 0.213 e. The van der Waals surface area contributed by atoms with Crippen LogP contribution >= 0.6 is 0 Å². The van der Waals surface area contributed by atoms with E-state index >= 15 is 0 Å². The van der Waals surface area contributed by atoms with E-state index in [1.807, 2.05) is 12.1 Å². The van der Waals surface area contributed by atoms with E-state index in [1.54, 1.807) is 13.8 Å². The molecule has 0 spiro atoms. The second kappa shape index (κ2) is 7.76. The minimum absolute atomic E-state index is 0.0390. The molecule has 0 radical (unpaired) electrons. The van der Waals surface area contributed by atoms with E-state index in [0.717, 1.165) is 37.2 Å². The van der Waals surface area contributed by atoms with Gasteiger partial charge in [0.25, 0.3) is 0 Å². The van der Waals surface area contributed by atoms with Crippen molar-refractivity contribution in [2.24, 2.45) is 0 Å². The second-order valence-electron chi connectivity index (χ2n) is 8.56. The van der Waals surface area contributed by atoms with Crippen molar-refractivity contribution in [1.29, 1.82) is 0 Å². The molecule has 6 nitrogen and oxygen atoms in total. The molecule has 4 rings (SSSR count). The molecule has 1 N–H and O–H groups in total. The first kappa shape index (κ1) is 19.9. The molecular formula is C21H31N3O3S. The molecule has 3 aliphatic heterocycles. The summed E-state index contributed by atoms with van der Waals surface area (Å²) in [5, 5.41) is -0.420. The SMILES string of the molecule is CC(C)S(=O)(=O)NCCCN1c2ccccc2C2C(=O)CN3CCCCC3C21. The molecule has 154 valence electrons. The van der Waals surface area contributed by atoms with E-state index in [4.69, 9.17) is 0 Å². The van der Waals surface area contributed by atoms with E-state index in [0.29, 0.717) is 24.9 Å². The number of para-hydroxylation sites is 1. The Morgan fingerprint density at radius 3 is 2.79 bits per heavy atom. The number of hydrogen-bond donors (Lipinski definition) is 1. The normalized spacial score (nSPS) is 27.6. The number of benzene rings is 1. The second-order valence-corrected chi connectivity index (χ2v) is 10.9. The van der Waals surface area contributed by atoms with Crippen molar-refractivity contribution in [3.05, 3.63) is 29.8 Å². The predicted molar refractivity (Wildman–Crippen MR) is 111 cm³/mol. The van der Waals surface area contributed by atoms with Crippen molar-refractivity contribution in [2.45, 2.75) is 62.8 Å². The third-order valence-electron chi connectivity index (χ3n) is 6.55. The summed E-state index contributed by atoms with van der Waals surface area (Å²) in [6, 6.07) is 8.87. The van der Waals surface area contributed by atoms with Crippen LogP contribution in [0.3, 0.4) is 0 Å². The first-order valence-corrected chi connectivity index (χ1v) is 12.1. The van der Waals surface area contributed by atoms with Crippen molar-refractivity contribution in [3.63, 3.8) is 0 Å². The van der Waals surface area contributed by atoms with Crippen molar-refractivity contribution in [1.82, 2.24) is 9.62 Å². The van der Waals surface area contributed by atoms with E-state index in [-0.39, 0.29) is 12.0 Å². The molecular weight excluding hydrogens is 374 g/mol. The van der Waals surface area contributed by atoms with Gasteiger partial charge in [-0.1, -0.05) is 24.6 Å². The number of ketones is 1. The number of rotatable bonds is 6. The molecule has 3 unspecified atom stereocenters. The zero-order chi connectivity index (χ0) is 19.9. The molecule has 28 heavy (non-hydrogen) atoms. The molecule has 1 aromatic carbocycles. The molecule has 0 aromatic heterocycles. The number of nitrogens with one attached hydrogen (secondary N) is 1. The Hall–Kier alpha value is -1.44. The summed E-state index contributed by atoms with van der Waals surface area (Å²) in [4.78, 5) is 17.8. The summed E-state index contributed by atoms with van der Waals surface area (Å²) in [5.74, 6) is 0.293. The number of nitrogens with zero attached hydrogens (tertiary/aromatic N) is 2. The molecule has 0 saturated carbocycles. The van der Waals surface area contributed by atoms with E-state index in [1.165, 1.54) is 12.8 Å². The molecule has 3 aliphatic rings. The van der Waals surface area contributed by atoms with E-state index in [9.17, 15) is 13.2 Å². The van der Waals surface area contributed by atoms with Crippen LogP contribution in [0.4, 0.5) is 5.69 Å². The lowest BCUT2D eigenvalue weighted by atomic mass is 9.79. The highest BCUT2D eigenvalue weighted by atomic mass is 32.2. The van der Waals surface area contributed by atoms with Crippen LogP contribution in [0.1, 0.15) is 51.0 Å².